The van der Waals surface area contributed by atoms with Crippen LogP contribution >= 0.6 is 0 Å². The molecule has 0 saturated carbocycles. The Kier molecular flexibility index (Phi) is 4.22. The lowest BCUT2D eigenvalue weighted by atomic mass is 9.93. The summed E-state index contributed by atoms with van der Waals surface area (Å²) in [7, 11) is 0. The molecule has 0 bridgehead atoms. The van der Waals surface area contributed by atoms with Gasteiger partial charge in [0.2, 0.25) is 0 Å². The van der Waals surface area contributed by atoms with Gasteiger partial charge in [-0.15, -0.1) is 0 Å². The maximum Gasteiger partial charge on any atom is 0.419 e. The summed E-state index contributed by atoms with van der Waals surface area (Å²) in [5.74, 6) is -1.94. The van der Waals surface area contributed by atoms with Crippen molar-refractivity contribution in [2.45, 2.75) is 24.6 Å². The van der Waals surface area contributed by atoms with E-state index in [1.807, 2.05) is 24.3 Å². The SMILES string of the molecule is O=C(c1ccc(F)c(C(F)(F)F)c1)N1CCO[C@@]2(CCc3ccccc32)C1. The van der Waals surface area contributed by atoms with Crippen LogP contribution in [0.2, 0.25) is 0 Å². The molecule has 142 valence electrons. The maximum atomic E-state index is 13.5. The fourth-order valence-electron chi connectivity index (χ4n) is 3.98. The smallest absolute Gasteiger partial charge is 0.367 e. The highest BCUT2D eigenvalue weighted by Crippen LogP contribution is 2.42. The second-order valence-electron chi connectivity index (χ2n) is 6.92. The number of alkyl halides is 3. The Morgan fingerprint density at radius 3 is 2.70 bits per heavy atom. The molecular formula is C20H17F4NO2. The third-order valence-corrected chi connectivity index (χ3v) is 5.30. The Balaban J connectivity index is 1.62. The number of ether oxygens (including phenoxy) is 1. The molecule has 2 aromatic carbocycles. The average molecular weight is 379 g/mol. The predicted molar refractivity (Wildman–Crippen MR) is 89.7 cm³/mol. The summed E-state index contributed by atoms with van der Waals surface area (Å²) in [5, 5.41) is 0. The number of hydrogen-bond donors (Lipinski definition) is 0. The van der Waals surface area contributed by atoms with Gasteiger partial charge in [0.05, 0.1) is 18.7 Å². The minimum atomic E-state index is -4.85. The molecule has 0 aromatic heterocycles. The van der Waals surface area contributed by atoms with E-state index in [0.717, 1.165) is 23.6 Å². The highest BCUT2D eigenvalue weighted by Gasteiger charge is 2.44. The van der Waals surface area contributed by atoms with Crippen LogP contribution in [0.25, 0.3) is 0 Å². The summed E-state index contributed by atoms with van der Waals surface area (Å²) < 4.78 is 58.4. The predicted octanol–water partition coefficient (Wildman–Crippen LogP) is 4.16. The van der Waals surface area contributed by atoms with E-state index >= 15 is 0 Å². The number of halogens is 4. The molecule has 1 heterocycles. The van der Waals surface area contributed by atoms with E-state index in [2.05, 4.69) is 0 Å². The number of nitrogens with zero attached hydrogens (tertiary/aromatic N) is 1. The van der Waals surface area contributed by atoms with Gasteiger partial charge in [-0.2, -0.15) is 13.2 Å². The first-order valence-corrected chi connectivity index (χ1v) is 8.68. The van der Waals surface area contributed by atoms with Gasteiger partial charge in [0, 0.05) is 12.1 Å². The van der Waals surface area contributed by atoms with Gasteiger partial charge < -0.3 is 9.64 Å². The number of aryl methyl sites for hydroxylation is 1. The summed E-state index contributed by atoms with van der Waals surface area (Å²) in [6.07, 6.45) is -3.31. The number of fused-ring (bicyclic) bond motifs is 2. The Bertz CT molecular complexity index is 892. The molecule has 27 heavy (non-hydrogen) atoms. The summed E-state index contributed by atoms with van der Waals surface area (Å²) in [6.45, 7) is 0.844. The number of morpholine rings is 1. The molecule has 3 nitrogen and oxygen atoms in total. The zero-order valence-corrected chi connectivity index (χ0v) is 14.4. The zero-order valence-electron chi connectivity index (χ0n) is 14.4. The normalized spacial score (nSPS) is 22.1. The summed E-state index contributed by atoms with van der Waals surface area (Å²) in [5.41, 5.74) is -0.0441. The number of carbonyl (C=O) groups is 1. The van der Waals surface area contributed by atoms with Crippen LogP contribution < -0.4 is 0 Å². The van der Waals surface area contributed by atoms with Gasteiger partial charge >= 0.3 is 6.18 Å². The highest BCUT2D eigenvalue weighted by molar-refractivity contribution is 5.94. The molecule has 2 aliphatic rings. The second kappa shape index (κ2) is 6.34. The molecule has 1 aliphatic carbocycles. The first kappa shape index (κ1) is 18.0. The fourth-order valence-corrected chi connectivity index (χ4v) is 3.98. The van der Waals surface area contributed by atoms with Crippen molar-refractivity contribution >= 4 is 5.91 Å². The summed E-state index contributed by atoms with van der Waals surface area (Å²) in [6, 6.07) is 10.2. The quantitative estimate of drug-likeness (QED) is 0.697. The van der Waals surface area contributed by atoms with E-state index in [4.69, 9.17) is 4.74 Å². The van der Waals surface area contributed by atoms with E-state index in [-0.39, 0.29) is 18.7 Å². The van der Waals surface area contributed by atoms with Crippen LogP contribution in [0.4, 0.5) is 17.6 Å². The minimum Gasteiger partial charge on any atom is -0.367 e. The van der Waals surface area contributed by atoms with Gasteiger partial charge in [-0.05, 0) is 42.2 Å². The van der Waals surface area contributed by atoms with Crippen molar-refractivity contribution < 1.29 is 27.1 Å². The maximum absolute atomic E-state index is 13.5. The van der Waals surface area contributed by atoms with Crippen LogP contribution in [0.15, 0.2) is 42.5 Å². The topological polar surface area (TPSA) is 29.5 Å². The Morgan fingerprint density at radius 2 is 1.93 bits per heavy atom. The molecule has 0 radical (unpaired) electrons. The second-order valence-corrected chi connectivity index (χ2v) is 6.92. The van der Waals surface area contributed by atoms with Crippen molar-refractivity contribution in [2.75, 3.05) is 19.7 Å². The van der Waals surface area contributed by atoms with Gasteiger partial charge in [-0.1, -0.05) is 24.3 Å². The van der Waals surface area contributed by atoms with E-state index < -0.39 is 29.1 Å². The molecule has 4 rings (SSSR count). The first-order valence-electron chi connectivity index (χ1n) is 8.68. The van der Waals surface area contributed by atoms with Crippen molar-refractivity contribution in [2.24, 2.45) is 0 Å². The average Bonchev–Trinajstić information content (AvgIpc) is 2.99. The summed E-state index contributed by atoms with van der Waals surface area (Å²) in [4.78, 5) is 14.3. The van der Waals surface area contributed by atoms with E-state index in [1.165, 1.54) is 4.90 Å². The van der Waals surface area contributed by atoms with Gasteiger partial charge in [0.15, 0.2) is 0 Å². The van der Waals surface area contributed by atoms with Crippen LogP contribution in [0, 0.1) is 5.82 Å². The molecule has 7 heteroatoms. The monoisotopic (exact) mass is 379 g/mol. The lowest BCUT2D eigenvalue weighted by Crippen LogP contribution is -2.51. The Hall–Kier alpha value is -2.41. The van der Waals surface area contributed by atoms with E-state index in [9.17, 15) is 22.4 Å². The van der Waals surface area contributed by atoms with Gasteiger partial charge in [0.25, 0.3) is 5.91 Å². The molecule has 1 spiro atoms. The number of benzene rings is 2. The zero-order chi connectivity index (χ0) is 19.2. The first-order chi connectivity index (χ1) is 12.8. The van der Waals surface area contributed by atoms with Gasteiger partial charge in [0.1, 0.15) is 11.4 Å². The molecule has 1 amide bonds. The van der Waals surface area contributed by atoms with Crippen molar-refractivity contribution in [3.05, 3.63) is 70.5 Å². The van der Waals surface area contributed by atoms with Crippen molar-refractivity contribution in [3.8, 4) is 0 Å². The Morgan fingerprint density at radius 1 is 1.15 bits per heavy atom. The number of rotatable bonds is 1. The largest absolute Gasteiger partial charge is 0.419 e. The Labute approximate surface area is 153 Å². The van der Waals surface area contributed by atoms with E-state index in [0.29, 0.717) is 25.2 Å². The van der Waals surface area contributed by atoms with Gasteiger partial charge in [-0.3, -0.25) is 4.79 Å². The third-order valence-electron chi connectivity index (χ3n) is 5.30. The van der Waals surface area contributed by atoms with Crippen LogP contribution in [0.1, 0.15) is 33.5 Å². The fraction of sp³-hybridized carbons (Fsp3) is 0.350. The number of carbonyl (C=O) groups excluding carboxylic acids is 1. The molecular weight excluding hydrogens is 362 g/mol. The number of amides is 1. The third kappa shape index (κ3) is 3.10. The lowest BCUT2D eigenvalue weighted by molar-refractivity contribution is -0.140. The van der Waals surface area contributed by atoms with Crippen LogP contribution in [0.5, 0.6) is 0 Å². The lowest BCUT2D eigenvalue weighted by Gasteiger charge is -2.41. The van der Waals surface area contributed by atoms with Crippen LogP contribution in [-0.4, -0.2) is 30.5 Å². The molecule has 1 saturated heterocycles. The van der Waals surface area contributed by atoms with Crippen molar-refractivity contribution in [1.29, 1.82) is 0 Å². The van der Waals surface area contributed by atoms with Crippen molar-refractivity contribution in [1.82, 2.24) is 4.90 Å². The minimum absolute atomic E-state index is 0.174. The molecule has 2 aromatic rings. The van der Waals surface area contributed by atoms with Crippen LogP contribution in [-0.2, 0) is 22.9 Å². The number of hydrogen-bond acceptors (Lipinski definition) is 2. The van der Waals surface area contributed by atoms with E-state index in [1.54, 1.807) is 0 Å². The summed E-state index contributed by atoms with van der Waals surface area (Å²) >= 11 is 0. The highest BCUT2D eigenvalue weighted by atomic mass is 19.4. The molecule has 1 atom stereocenters. The molecule has 0 unspecified atom stereocenters. The molecule has 0 N–H and O–H groups in total. The van der Waals surface area contributed by atoms with Crippen molar-refractivity contribution in [3.63, 3.8) is 0 Å². The molecule has 1 aliphatic heterocycles. The van der Waals surface area contributed by atoms with Crippen LogP contribution in [0.3, 0.4) is 0 Å². The standard InChI is InChI=1S/C20H17F4NO2/c21-17-6-5-14(11-16(17)20(22,23)24)18(26)25-9-10-27-19(12-25)8-7-13-3-1-2-4-15(13)19/h1-6,11H,7-10,12H2/t19-/m0/s1. The van der Waals surface area contributed by atoms with Gasteiger partial charge in [-0.25, -0.2) is 4.39 Å². The molecule has 1 fully saturated rings.